The Kier molecular flexibility index (Phi) is 4.27. The minimum atomic E-state index is -3.12. The average molecular weight is 281 g/mol. The molecule has 0 N–H and O–H groups in total. The molecule has 1 aromatic carbocycles. The first-order valence-electron chi connectivity index (χ1n) is 6.28. The summed E-state index contributed by atoms with van der Waals surface area (Å²) in [6.07, 6.45) is 4.19. The molecular weight excluding hydrogens is 262 g/mol. The molecule has 2 rings (SSSR count). The molecule has 0 bridgehead atoms. The molecule has 19 heavy (non-hydrogen) atoms. The zero-order valence-electron chi connectivity index (χ0n) is 11.1. The van der Waals surface area contributed by atoms with Crippen LogP contribution in [0, 0.1) is 0 Å². The van der Waals surface area contributed by atoms with Gasteiger partial charge in [0.2, 0.25) is 0 Å². The maximum absolute atomic E-state index is 11.4. The summed E-state index contributed by atoms with van der Waals surface area (Å²) in [5, 5.41) is 0. The van der Waals surface area contributed by atoms with Gasteiger partial charge < -0.3 is 9.64 Å². The van der Waals surface area contributed by atoms with Gasteiger partial charge in [0.15, 0.2) is 9.84 Å². The van der Waals surface area contributed by atoms with Gasteiger partial charge in [-0.05, 0) is 30.7 Å². The average Bonchev–Trinajstić information content (AvgIpc) is 2.84. The van der Waals surface area contributed by atoms with Crippen molar-refractivity contribution in [2.45, 2.75) is 17.4 Å². The normalized spacial score (nSPS) is 19.6. The second-order valence-corrected chi connectivity index (χ2v) is 6.76. The van der Waals surface area contributed by atoms with E-state index >= 15 is 0 Å². The van der Waals surface area contributed by atoms with Crippen molar-refractivity contribution in [3.05, 3.63) is 36.9 Å². The van der Waals surface area contributed by atoms with Crippen LogP contribution in [0.25, 0.3) is 0 Å². The summed E-state index contributed by atoms with van der Waals surface area (Å²) in [6, 6.07) is 7.02. The van der Waals surface area contributed by atoms with Crippen molar-refractivity contribution in [2.24, 2.45) is 0 Å². The number of hydrogen-bond donors (Lipinski definition) is 0. The van der Waals surface area contributed by atoms with Crippen LogP contribution in [0.2, 0.25) is 0 Å². The molecule has 1 aromatic rings. The van der Waals surface area contributed by atoms with Gasteiger partial charge in [-0.2, -0.15) is 0 Å². The highest BCUT2D eigenvalue weighted by Gasteiger charge is 2.23. The lowest BCUT2D eigenvalue weighted by Gasteiger charge is -2.18. The smallest absolute Gasteiger partial charge is 0.175 e. The topological polar surface area (TPSA) is 46.6 Å². The first kappa shape index (κ1) is 14.1. The van der Waals surface area contributed by atoms with Crippen LogP contribution in [0.4, 0.5) is 5.69 Å². The standard InChI is InChI=1S/C14H19NO3S/c1-3-10-18-13-8-9-15(11-13)12-4-6-14(7-5-12)19(2,16)17/h3-7,13H,1,8-11H2,2H3. The van der Waals surface area contributed by atoms with Gasteiger partial charge in [-0.15, -0.1) is 6.58 Å². The van der Waals surface area contributed by atoms with Gasteiger partial charge in [0, 0.05) is 25.0 Å². The number of sulfone groups is 1. The molecule has 1 atom stereocenters. The zero-order chi connectivity index (χ0) is 13.9. The summed E-state index contributed by atoms with van der Waals surface area (Å²) in [5.41, 5.74) is 1.04. The lowest BCUT2D eigenvalue weighted by Crippen LogP contribution is -2.22. The van der Waals surface area contributed by atoms with E-state index in [4.69, 9.17) is 4.74 Å². The van der Waals surface area contributed by atoms with Gasteiger partial charge in [-0.3, -0.25) is 0 Å². The number of anilines is 1. The summed E-state index contributed by atoms with van der Waals surface area (Å²) in [4.78, 5) is 2.56. The lowest BCUT2D eigenvalue weighted by atomic mass is 10.3. The maximum atomic E-state index is 11.4. The quantitative estimate of drug-likeness (QED) is 0.773. The fraction of sp³-hybridized carbons (Fsp3) is 0.429. The third-order valence-electron chi connectivity index (χ3n) is 3.22. The summed E-state index contributed by atoms with van der Waals surface area (Å²) in [5.74, 6) is 0. The van der Waals surface area contributed by atoms with Crippen molar-refractivity contribution in [1.29, 1.82) is 0 Å². The minimum Gasteiger partial charge on any atom is -0.372 e. The molecule has 0 amide bonds. The Labute approximate surface area is 114 Å². The zero-order valence-corrected chi connectivity index (χ0v) is 11.9. The predicted octanol–water partition coefficient (Wildman–Crippen LogP) is 1.87. The molecule has 0 aliphatic carbocycles. The summed E-state index contributed by atoms with van der Waals surface area (Å²) < 4.78 is 28.4. The highest BCUT2D eigenvalue weighted by atomic mass is 32.2. The second-order valence-electron chi connectivity index (χ2n) is 4.74. The Morgan fingerprint density at radius 1 is 1.42 bits per heavy atom. The molecule has 1 fully saturated rings. The highest BCUT2D eigenvalue weighted by Crippen LogP contribution is 2.23. The van der Waals surface area contributed by atoms with Crippen LogP contribution in [0.5, 0.6) is 0 Å². The van der Waals surface area contributed by atoms with Crippen molar-refractivity contribution < 1.29 is 13.2 Å². The fourth-order valence-corrected chi connectivity index (χ4v) is 2.84. The molecule has 0 spiro atoms. The van der Waals surface area contributed by atoms with E-state index in [2.05, 4.69) is 11.5 Å². The van der Waals surface area contributed by atoms with Crippen molar-refractivity contribution in [2.75, 3.05) is 30.9 Å². The molecule has 0 saturated carbocycles. The monoisotopic (exact) mass is 281 g/mol. The molecule has 0 aromatic heterocycles. The van der Waals surface area contributed by atoms with Crippen LogP contribution in [0.15, 0.2) is 41.8 Å². The van der Waals surface area contributed by atoms with Crippen molar-refractivity contribution in [3.8, 4) is 0 Å². The third-order valence-corrected chi connectivity index (χ3v) is 4.35. The Morgan fingerprint density at radius 3 is 2.68 bits per heavy atom. The maximum Gasteiger partial charge on any atom is 0.175 e. The van der Waals surface area contributed by atoms with Crippen LogP contribution < -0.4 is 4.90 Å². The molecule has 0 radical (unpaired) electrons. The summed E-state index contributed by atoms with van der Waals surface area (Å²) in [7, 11) is -3.12. The Balaban J connectivity index is 2.02. The predicted molar refractivity (Wildman–Crippen MR) is 76.3 cm³/mol. The molecule has 1 heterocycles. The van der Waals surface area contributed by atoms with Gasteiger partial charge in [-0.1, -0.05) is 6.08 Å². The van der Waals surface area contributed by atoms with Gasteiger partial charge >= 0.3 is 0 Å². The molecule has 1 aliphatic rings. The van der Waals surface area contributed by atoms with E-state index in [0.29, 0.717) is 11.5 Å². The molecular formula is C14H19NO3S. The summed E-state index contributed by atoms with van der Waals surface area (Å²) >= 11 is 0. The van der Waals surface area contributed by atoms with Crippen LogP contribution in [0.1, 0.15) is 6.42 Å². The Bertz CT molecular complexity index is 536. The number of ether oxygens (including phenoxy) is 1. The van der Waals surface area contributed by atoms with Gasteiger partial charge in [-0.25, -0.2) is 8.42 Å². The van der Waals surface area contributed by atoms with Crippen LogP contribution >= 0.6 is 0 Å². The molecule has 104 valence electrons. The largest absolute Gasteiger partial charge is 0.372 e. The first-order valence-corrected chi connectivity index (χ1v) is 8.17. The number of nitrogens with zero attached hydrogens (tertiary/aromatic N) is 1. The molecule has 5 heteroatoms. The number of benzene rings is 1. The number of rotatable bonds is 5. The minimum absolute atomic E-state index is 0.229. The Morgan fingerprint density at radius 2 is 2.11 bits per heavy atom. The molecule has 4 nitrogen and oxygen atoms in total. The van der Waals surface area contributed by atoms with E-state index in [1.54, 1.807) is 18.2 Å². The number of hydrogen-bond acceptors (Lipinski definition) is 4. The van der Waals surface area contributed by atoms with Gasteiger partial charge in [0.05, 0.1) is 17.6 Å². The molecule has 1 unspecified atom stereocenters. The Hall–Kier alpha value is -1.33. The molecule has 1 saturated heterocycles. The van der Waals surface area contributed by atoms with Gasteiger partial charge in [0.25, 0.3) is 0 Å². The molecule has 1 aliphatic heterocycles. The fourth-order valence-electron chi connectivity index (χ4n) is 2.21. The van der Waals surface area contributed by atoms with E-state index in [1.165, 1.54) is 6.26 Å². The second kappa shape index (κ2) is 5.75. The SMILES string of the molecule is C=CCOC1CCN(c2ccc(S(C)(=O)=O)cc2)C1. The van der Waals surface area contributed by atoms with E-state index in [0.717, 1.165) is 25.2 Å². The van der Waals surface area contributed by atoms with E-state index < -0.39 is 9.84 Å². The van der Waals surface area contributed by atoms with E-state index in [9.17, 15) is 8.42 Å². The lowest BCUT2D eigenvalue weighted by molar-refractivity contribution is 0.0909. The van der Waals surface area contributed by atoms with Crippen LogP contribution in [-0.2, 0) is 14.6 Å². The van der Waals surface area contributed by atoms with Crippen LogP contribution in [-0.4, -0.2) is 40.5 Å². The van der Waals surface area contributed by atoms with Crippen molar-refractivity contribution >= 4 is 15.5 Å². The van der Waals surface area contributed by atoms with Gasteiger partial charge in [0.1, 0.15) is 0 Å². The third kappa shape index (κ3) is 3.58. The van der Waals surface area contributed by atoms with E-state index in [1.807, 2.05) is 12.1 Å². The van der Waals surface area contributed by atoms with Crippen molar-refractivity contribution in [3.63, 3.8) is 0 Å². The van der Waals surface area contributed by atoms with Crippen LogP contribution in [0.3, 0.4) is 0 Å². The summed E-state index contributed by atoms with van der Waals surface area (Å²) in [6.45, 7) is 5.98. The highest BCUT2D eigenvalue weighted by molar-refractivity contribution is 7.90. The first-order chi connectivity index (χ1) is 9.00. The van der Waals surface area contributed by atoms with E-state index in [-0.39, 0.29) is 6.10 Å². The van der Waals surface area contributed by atoms with Crippen molar-refractivity contribution in [1.82, 2.24) is 0 Å².